The minimum absolute atomic E-state index is 0.145. The molecule has 1 rings (SSSR count). The van der Waals surface area contributed by atoms with Crippen LogP contribution in [0.2, 0.25) is 0 Å². The van der Waals surface area contributed by atoms with E-state index < -0.39 is 15.7 Å². The van der Waals surface area contributed by atoms with Gasteiger partial charge in [-0.05, 0) is 27.8 Å². The van der Waals surface area contributed by atoms with Crippen LogP contribution in [0.25, 0.3) is 0 Å². The summed E-state index contributed by atoms with van der Waals surface area (Å²) in [5.41, 5.74) is 5.18. The van der Waals surface area contributed by atoms with Crippen molar-refractivity contribution >= 4 is 10.2 Å². The van der Waals surface area contributed by atoms with Crippen LogP contribution in [0.15, 0.2) is 0 Å². The first-order valence-electron chi connectivity index (χ1n) is 5.85. The van der Waals surface area contributed by atoms with Crippen molar-refractivity contribution in [3.05, 3.63) is 0 Å². The molecule has 1 unspecified atom stereocenters. The maximum absolute atomic E-state index is 12.2. The Labute approximate surface area is 104 Å². The first-order valence-corrected chi connectivity index (χ1v) is 7.29. The van der Waals surface area contributed by atoms with Crippen LogP contribution in [-0.2, 0) is 10.2 Å². The lowest BCUT2D eigenvalue weighted by atomic mass is 10.1. The molecular weight excluding hydrogens is 240 g/mol. The third kappa shape index (κ3) is 4.18. The molecule has 1 atom stereocenters. The Morgan fingerprint density at radius 1 is 1.35 bits per heavy atom. The number of likely N-dealkylation sites (N-methyl/N-ethyl adjacent to an activating group) is 1. The molecule has 0 spiro atoms. The highest BCUT2D eigenvalue weighted by Gasteiger charge is 2.35. The van der Waals surface area contributed by atoms with Crippen LogP contribution in [0.5, 0.6) is 0 Å². The SMILES string of the molecule is CN1CCN(S(=O)(=O)NC(C)(C)C)C(CN)C1. The minimum atomic E-state index is -3.45. The molecular formula is C10H24N4O2S. The Morgan fingerprint density at radius 2 is 1.94 bits per heavy atom. The van der Waals surface area contributed by atoms with Gasteiger partial charge < -0.3 is 10.6 Å². The van der Waals surface area contributed by atoms with Crippen LogP contribution in [0.4, 0.5) is 0 Å². The van der Waals surface area contributed by atoms with Crippen molar-refractivity contribution in [2.75, 3.05) is 33.2 Å². The van der Waals surface area contributed by atoms with Gasteiger partial charge in [-0.15, -0.1) is 0 Å². The maximum Gasteiger partial charge on any atom is 0.280 e. The minimum Gasteiger partial charge on any atom is -0.329 e. The average molecular weight is 264 g/mol. The van der Waals surface area contributed by atoms with Gasteiger partial charge in [0.1, 0.15) is 0 Å². The van der Waals surface area contributed by atoms with E-state index in [4.69, 9.17) is 5.73 Å². The van der Waals surface area contributed by atoms with Gasteiger partial charge in [-0.2, -0.15) is 17.4 Å². The van der Waals surface area contributed by atoms with Crippen molar-refractivity contribution in [1.29, 1.82) is 0 Å². The topological polar surface area (TPSA) is 78.7 Å². The van der Waals surface area contributed by atoms with Crippen molar-refractivity contribution < 1.29 is 8.42 Å². The number of nitrogens with zero attached hydrogens (tertiary/aromatic N) is 2. The highest BCUT2D eigenvalue weighted by molar-refractivity contribution is 7.87. The number of rotatable bonds is 3. The standard InChI is InChI=1S/C10H24N4O2S/c1-10(2,3)12-17(15,16)14-6-5-13(4)8-9(14)7-11/h9,12H,5-8,11H2,1-4H3. The second-order valence-corrected chi connectivity index (χ2v) is 7.24. The van der Waals surface area contributed by atoms with Gasteiger partial charge in [0.2, 0.25) is 0 Å². The number of nitrogens with two attached hydrogens (primary N) is 1. The van der Waals surface area contributed by atoms with E-state index in [2.05, 4.69) is 9.62 Å². The van der Waals surface area contributed by atoms with Gasteiger partial charge in [0, 0.05) is 31.7 Å². The molecule has 6 nitrogen and oxygen atoms in total. The zero-order valence-electron chi connectivity index (χ0n) is 11.1. The Morgan fingerprint density at radius 3 is 2.41 bits per heavy atom. The molecule has 0 aromatic rings. The van der Waals surface area contributed by atoms with Gasteiger partial charge in [-0.1, -0.05) is 0 Å². The van der Waals surface area contributed by atoms with Crippen LogP contribution in [0, 0.1) is 0 Å². The van der Waals surface area contributed by atoms with Crippen LogP contribution in [0.3, 0.4) is 0 Å². The third-order valence-electron chi connectivity index (χ3n) is 2.65. The Hall–Kier alpha value is -0.210. The molecule has 0 aromatic heterocycles. The summed E-state index contributed by atoms with van der Waals surface area (Å²) in [5, 5.41) is 0. The molecule has 17 heavy (non-hydrogen) atoms. The van der Waals surface area contributed by atoms with Gasteiger partial charge in [0.15, 0.2) is 0 Å². The Kier molecular flexibility index (Phi) is 4.54. The van der Waals surface area contributed by atoms with Crippen LogP contribution in [0.1, 0.15) is 20.8 Å². The van der Waals surface area contributed by atoms with E-state index in [1.165, 1.54) is 4.31 Å². The summed E-state index contributed by atoms with van der Waals surface area (Å²) in [4.78, 5) is 2.10. The highest BCUT2D eigenvalue weighted by atomic mass is 32.2. The molecule has 3 N–H and O–H groups in total. The molecule has 1 aliphatic rings. The quantitative estimate of drug-likeness (QED) is 0.699. The summed E-state index contributed by atoms with van der Waals surface area (Å²) >= 11 is 0. The summed E-state index contributed by atoms with van der Waals surface area (Å²) in [6.07, 6.45) is 0. The van der Waals surface area contributed by atoms with Crippen LogP contribution < -0.4 is 10.5 Å². The molecule has 0 bridgehead atoms. The lowest BCUT2D eigenvalue weighted by molar-refractivity contribution is 0.161. The largest absolute Gasteiger partial charge is 0.329 e. The lowest BCUT2D eigenvalue weighted by Gasteiger charge is -2.39. The van der Waals surface area contributed by atoms with E-state index in [0.717, 1.165) is 6.54 Å². The van der Waals surface area contributed by atoms with Crippen molar-refractivity contribution in [2.45, 2.75) is 32.4 Å². The fraction of sp³-hybridized carbons (Fsp3) is 1.00. The molecule has 7 heteroatoms. The van der Waals surface area contributed by atoms with Crippen molar-refractivity contribution in [2.24, 2.45) is 5.73 Å². The normalized spacial score (nSPS) is 25.1. The van der Waals surface area contributed by atoms with Crippen LogP contribution in [-0.4, -0.2) is 62.4 Å². The second-order valence-electron chi connectivity index (χ2n) is 5.62. The Balaban J connectivity index is 2.83. The van der Waals surface area contributed by atoms with Gasteiger partial charge in [-0.25, -0.2) is 0 Å². The number of nitrogens with one attached hydrogen (secondary N) is 1. The van der Waals surface area contributed by atoms with Crippen molar-refractivity contribution in [3.8, 4) is 0 Å². The molecule has 0 aromatic carbocycles. The fourth-order valence-electron chi connectivity index (χ4n) is 1.95. The summed E-state index contributed by atoms with van der Waals surface area (Å²) in [6.45, 7) is 7.75. The summed E-state index contributed by atoms with van der Waals surface area (Å²) in [7, 11) is -1.47. The van der Waals surface area contributed by atoms with E-state index in [1.54, 1.807) is 0 Å². The molecule has 1 fully saturated rings. The number of piperazine rings is 1. The van der Waals surface area contributed by atoms with Crippen molar-refractivity contribution in [3.63, 3.8) is 0 Å². The van der Waals surface area contributed by atoms with Gasteiger partial charge in [0.05, 0.1) is 6.04 Å². The third-order valence-corrected chi connectivity index (χ3v) is 4.62. The molecule has 1 saturated heterocycles. The number of hydrogen-bond acceptors (Lipinski definition) is 4. The molecule has 102 valence electrons. The first-order chi connectivity index (χ1) is 7.65. The smallest absolute Gasteiger partial charge is 0.280 e. The average Bonchev–Trinajstić information content (AvgIpc) is 2.13. The molecule has 0 saturated carbocycles. The lowest BCUT2D eigenvalue weighted by Crippen LogP contribution is -2.61. The van der Waals surface area contributed by atoms with E-state index in [9.17, 15) is 8.42 Å². The van der Waals surface area contributed by atoms with Crippen LogP contribution >= 0.6 is 0 Å². The number of hydrogen-bond donors (Lipinski definition) is 2. The molecule has 1 heterocycles. The second kappa shape index (κ2) is 5.19. The highest BCUT2D eigenvalue weighted by Crippen LogP contribution is 2.14. The van der Waals surface area contributed by atoms with E-state index in [0.29, 0.717) is 19.6 Å². The molecule has 1 aliphatic heterocycles. The summed E-state index contributed by atoms with van der Waals surface area (Å²) in [5.74, 6) is 0. The molecule has 0 amide bonds. The zero-order chi connectivity index (χ0) is 13.3. The van der Waals surface area contributed by atoms with Gasteiger partial charge in [-0.3, -0.25) is 0 Å². The predicted octanol–water partition coefficient (Wildman–Crippen LogP) is -0.806. The van der Waals surface area contributed by atoms with E-state index in [-0.39, 0.29) is 6.04 Å². The first kappa shape index (κ1) is 14.8. The summed E-state index contributed by atoms with van der Waals surface area (Å²) < 4.78 is 28.6. The van der Waals surface area contributed by atoms with Crippen molar-refractivity contribution in [1.82, 2.24) is 13.9 Å². The maximum atomic E-state index is 12.2. The fourth-order valence-corrected chi connectivity index (χ4v) is 3.71. The predicted molar refractivity (Wildman–Crippen MR) is 68.9 cm³/mol. The molecule has 0 radical (unpaired) electrons. The van der Waals surface area contributed by atoms with E-state index in [1.807, 2.05) is 27.8 Å². The van der Waals surface area contributed by atoms with Gasteiger partial charge in [0.25, 0.3) is 10.2 Å². The van der Waals surface area contributed by atoms with Gasteiger partial charge >= 0.3 is 0 Å². The summed E-state index contributed by atoms with van der Waals surface area (Å²) in [6, 6.07) is -0.145. The molecule has 0 aliphatic carbocycles. The zero-order valence-corrected chi connectivity index (χ0v) is 11.9. The Bertz CT molecular complexity index is 350. The monoisotopic (exact) mass is 264 g/mol. The van der Waals surface area contributed by atoms with E-state index >= 15 is 0 Å².